The molecule has 2 saturated heterocycles. The first-order valence-corrected chi connectivity index (χ1v) is 14.5. The van der Waals surface area contributed by atoms with Crippen LogP contribution in [0, 0.1) is 5.82 Å². The van der Waals surface area contributed by atoms with E-state index in [1.807, 2.05) is 9.80 Å². The minimum absolute atomic E-state index is 0. The van der Waals surface area contributed by atoms with E-state index >= 15 is 0 Å². The molecule has 2 heterocycles. The maximum absolute atomic E-state index is 15.0. The van der Waals surface area contributed by atoms with E-state index in [4.69, 9.17) is 9.47 Å². The lowest BCUT2D eigenvalue weighted by atomic mass is 10.1. The molecule has 3 rings (SSSR count). The number of hydrogen-bond acceptors (Lipinski definition) is 5. The zero-order valence-electron chi connectivity index (χ0n) is 23.9. The number of anilines is 2. The molecule has 0 aromatic heterocycles. The van der Waals surface area contributed by atoms with Crippen LogP contribution in [-0.4, -0.2) is 81.5 Å². The molecule has 0 unspecified atom stereocenters. The first kappa shape index (κ1) is 36.2. The second-order valence-corrected chi connectivity index (χ2v) is 10.4. The summed E-state index contributed by atoms with van der Waals surface area (Å²) in [6.07, 6.45) is 8.43. The van der Waals surface area contributed by atoms with Gasteiger partial charge in [0, 0.05) is 26.1 Å². The molecule has 40 heavy (non-hydrogen) atoms. The van der Waals surface area contributed by atoms with Crippen molar-refractivity contribution in [1.29, 1.82) is 0 Å². The molecule has 1 aromatic carbocycles. The van der Waals surface area contributed by atoms with Crippen molar-refractivity contribution in [3.05, 3.63) is 24.0 Å². The normalized spacial score (nSPS) is 17.6. The van der Waals surface area contributed by atoms with Crippen LogP contribution in [0.2, 0.25) is 0 Å². The van der Waals surface area contributed by atoms with Gasteiger partial charge in [-0.3, -0.25) is 9.69 Å². The average Bonchev–Trinajstić information content (AvgIpc) is 3.29. The van der Waals surface area contributed by atoms with Crippen LogP contribution < -0.4 is 46.1 Å². The molecule has 6 N–H and O–H groups in total. The molecule has 0 spiro atoms. The van der Waals surface area contributed by atoms with Gasteiger partial charge in [-0.05, 0) is 37.5 Å². The van der Waals surface area contributed by atoms with E-state index in [2.05, 4.69) is 18.4 Å². The Labute approximate surface area is 250 Å². The van der Waals surface area contributed by atoms with Crippen molar-refractivity contribution in [3.8, 4) is 0 Å². The molecule has 2 amide bonds. The first-order valence-electron chi connectivity index (χ1n) is 14.5. The smallest absolute Gasteiger partial charge is 0.414 e. The zero-order valence-corrected chi connectivity index (χ0v) is 25.4. The number of rotatable bonds is 16. The first-order chi connectivity index (χ1) is 18.4. The van der Waals surface area contributed by atoms with E-state index < -0.39 is 12.2 Å². The van der Waals surface area contributed by atoms with Crippen LogP contribution in [0.3, 0.4) is 0 Å². The minimum atomic E-state index is -0.512. The summed E-state index contributed by atoms with van der Waals surface area (Å²) < 4.78 is 26.0. The Balaban J connectivity index is 0.00000400. The predicted molar refractivity (Wildman–Crippen MR) is 145 cm³/mol. The number of carbonyl (C=O) groups is 2. The molecule has 230 valence electrons. The molecule has 0 bridgehead atoms. The lowest BCUT2D eigenvalue weighted by molar-refractivity contribution is -0.408. The highest BCUT2D eigenvalue weighted by Gasteiger charge is 2.36. The number of benzene rings is 1. The van der Waals surface area contributed by atoms with E-state index in [1.54, 1.807) is 12.1 Å². The summed E-state index contributed by atoms with van der Waals surface area (Å²) in [5.41, 5.74) is 8.97. The Morgan fingerprint density at radius 1 is 1.10 bits per heavy atom. The lowest BCUT2D eigenvalue weighted by Crippen LogP contribution is -3.00. The molecular weight excluding hydrogens is 560 g/mol. The van der Waals surface area contributed by atoms with Gasteiger partial charge in [-0.2, -0.15) is 0 Å². The number of nitrogens with zero attached hydrogens (tertiary/aromatic N) is 3. The summed E-state index contributed by atoms with van der Waals surface area (Å²) in [5, 5.41) is 0. The van der Waals surface area contributed by atoms with Crippen molar-refractivity contribution in [3.63, 3.8) is 0 Å². The fourth-order valence-corrected chi connectivity index (χ4v) is 5.12. The van der Waals surface area contributed by atoms with Crippen LogP contribution in [0.4, 0.5) is 20.6 Å². The standard InChI is InChI=1S/C28H46FN5O4.2ClH/c1-2-3-4-5-6-9-14-33(27(35)25(31)10-7-8-13-30)20-23-21-34(28(36)38-23)22-11-12-26(24(29)19-22)32-15-17-37-18-16-32;;/h11-12,19,23,25H,2-10,13-18,20-21,30-31H2,1H3;2*1H/t23-,25-;;/m0../s1. The van der Waals surface area contributed by atoms with E-state index in [0.29, 0.717) is 50.8 Å². The second-order valence-electron chi connectivity index (χ2n) is 10.4. The number of morpholine rings is 1. The maximum atomic E-state index is 15.0. The van der Waals surface area contributed by atoms with Crippen molar-refractivity contribution < 1.29 is 59.7 Å². The Bertz CT molecular complexity index is 894. The Morgan fingerprint density at radius 2 is 1.80 bits per heavy atom. The molecular formula is C28H48Cl2FN5O4. The van der Waals surface area contributed by atoms with Gasteiger partial charge in [0.25, 0.3) is 5.91 Å². The monoisotopic (exact) mass is 607 g/mol. The van der Waals surface area contributed by atoms with Gasteiger partial charge in [-0.1, -0.05) is 39.0 Å². The van der Waals surface area contributed by atoms with Gasteiger partial charge in [-0.25, -0.2) is 9.18 Å². The highest BCUT2D eigenvalue weighted by Crippen LogP contribution is 2.28. The van der Waals surface area contributed by atoms with Crippen LogP contribution in [0.5, 0.6) is 0 Å². The minimum Gasteiger partial charge on any atom is -1.00 e. The predicted octanol–water partition coefficient (Wildman–Crippen LogP) is -3.79. The van der Waals surface area contributed by atoms with Crippen molar-refractivity contribution in [2.75, 3.05) is 62.3 Å². The van der Waals surface area contributed by atoms with Crippen LogP contribution >= 0.6 is 0 Å². The van der Waals surface area contributed by atoms with E-state index in [9.17, 15) is 14.0 Å². The van der Waals surface area contributed by atoms with Gasteiger partial charge in [0.15, 0.2) is 6.04 Å². The molecule has 0 aliphatic carbocycles. The third-order valence-electron chi connectivity index (χ3n) is 7.39. The number of halogens is 3. The largest absolute Gasteiger partial charge is 1.00 e. The molecule has 2 aliphatic heterocycles. The van der Waals surface area contributed by atoms with Crippen LogP contribution in [0.15, 0.2) is 18.2 Å². The lowest BCUT2D eigenvalue weighted by Gasteiger charge is -2.29. The number of cyclic esters (lactones) is 1. The average molecular weight is 609 g/mol. The second kappa shape index (κ2) is 19.3. The topological polar surface area (TPSA) is 118 Å². The summed E-state index contributed by atoms with van der Waals surface area (Å²) in [4.78, 5) is 31.3. The molecule has 1 aromatic rings. The van der Waals surface area contributed by atoms with Crippen molar-refractivity contribution in [2.45, 2.75) is 76.9 Å². The highest BCUT2D eigenvalue weighted by molar-refractivity contribution is 5.90. The van der Waals surface area contributed by atoms with Crippen LogP contribution in [-0.2, 0) is 14.3 Å². The van der Waals surface area contributed by atoms with E-state index in [1.165, 1.54) is 30.2 Å². The van der Waals surface area contributed by atoms with Crippen molar-refractivity contribution >= 4 is 23.4 Å². The van der Waals surface area contributed by atoms with Crippen LogP contribution in [0.1, 0.15) is 64.7 Å². The number of quaternary nitrogens is 2. The van der Waals surface area contributed by atoms with Gasteiger partial charge >= 0.3 is 6.09 Å². The maximum Gasteiger partial charge on any atom is 0.414 e. The fourth-order valence-electron chi connectivity index (χ4n) is 5.12. The Hall–Kier alpha value is -1.85. The number of unbranched alkanes of at least 4 members (excludes halogenated alkanes) is 6. The summed E-state index contributed by atoms with van der Waals surface area (Å²) in [5.74, 6) is -0.360. The van der Waals surface area contributed by atoms with E-state index in [0.717, 1.165) is 45.1 Å². The summed E-state index contributed by atoms with van der Waals surface area (Å²) in [7, 11) is 0. The van der Waals surface area contributed by atoms with Gasteiger partial charge in [0.2, 0.25) is 0 Å². The Kier molecular flexibility index (Phi) is 17.5. The molecule has 0 radical (unpaired) electrons. The fraction of sp³-hybridized carbons (Fsp3) is 0.714. The van der Waals surface area contributed by atoms with Crippen molar-refractivity contribution in [2.24, 2.45) is 0 Å². The van der Waals surface area contributed by atoms with Gasteiger partial charge in [0.05, 0.1) is 44.2 Å². The van der Waals surface area contributed by atoms with Gasteiger partial charge in [-0.15, -0.1) is 0 Å². The van der Waals surface area contributed by atoms with E-state index in [-0.39, 0.29) is 49.1 Å². The number of hydrogen-bond donors (Lipinski definition) is 2. The number of ether oxygens (including phenoxy) is 2. The molecule has 9 nitrogen and oxygen atoms in total. The van der Waals surface area contributed by atoms with Crippen LogP contribution in [0.25, 0.3) is 0 Å². The van der Waals surface area contributed by atoms with Gasteiger partial charge in [0.1, 0.15) is 11.9 Å². The molecule has 2 atom stereocenters. The Morgan fingerprint density at radius 3 is 2.48 bits per heavy atom. The molecule has 2 aliphatic rings. The molecule has 2 fully saturated rings. The summed E-state index contributed by atoms with van der Waals surface area (Å²) in [6, 6.07) is 4.54. The number of carbonyl (C=O) groups excluding carboxylic acids is 2. The summed E-state index contributed by atoms with van der Waals surface area (Å²) >= 11 is 0. The third-order valence-corrected chi connectivity index (χ3v) is 7.39. The number of amides is 2. The quantitative estimate of drug-likeness (QED) is 0.187. The third kappa shape index (κ3) is 10.9. The van der Waals surface area contributed by atoms with Gasteiger partial charge < -0.3 is 55.6 Å². The summed E-state index contributed by atoms with van der Waals surface area (Å²) in [6.45, 7) is 6.68. The molecule has 0 saturated carbocycles. The van der Waals surface area contributed by atoms with Crippen molar-refractivity contribution in [1.82, 2.24) is 4.90 Å². The SMILES string of the molecule is CCCCCCCCN(C[C@H]1CN(c2ccc(N3CCOCC3)c(F)c2)C(=O)O1)C(=O)[C@@H]([NH3+])CCCC[NH3+].[Cl-].[Cl-]. The zero-order chi connectivity index (χ0) is 27.3. The molecule has 12 heteroatoms. The highest BCUT2D eigenvalue weighted by atomic mass is 35.5.